The first kappa shape index (κ1) is 20.4. The number of nitrogens with zero attached hydrogens (tertiary/aromatic N) is 2. The van der Waals surface area contributed by atoms with Crippen molar-refractivity contribution in [2.45, 2.75) is 25.3 Å². The summed E-state index contributed by atoms with van der Waals surface area (Å²) in [6.07, 6.45) is 0. The number of nitro groups is 1. The maximum atomic E-state index is 12.6. The quantitative estimate of drug-likeness (QED) is 0.452. The number of rotatable bonds is 6. The van der Waals surface area contributed by atoms with Gasteiger partial charge in [-0.25, -0.2) is 18.1 Å². The minimum atomic E-state index is -4.03. The first-order chi connectivity index (χ1) is 13.2. The third kappa shape index (κ3) is 4.22. The Morgan fingerprint density at radius 2 is 1.93 bits per heavy atom. The standard InChI is InChI=1S/C18H16ClN3O4S2/c1-11-5-3-4-6-14(11)18-21-12(2)16(27-18)10-20-28(25,26)17-9-13(22(23)24)7-8-15(17)19/h3-9,20H,10H2,1-2H3. The van der Waals surface area contributed by atoms with Gasteiger partial charge in [0.2, 0.25) is 10.0 Å². The molecule has 0 atom stereocenters. The molecule has 0 fully saturated rings. The molecule has 3 rings (SSSR count). The highest BCUT2D eigenvalue weighted by Crippen LogP contribution is 2.31. The second-order valence-corrected chi connectivity index (χ2v) is 9.27. The molecule has 0 aliphatic rings. The van der Waals surface area contributed by atoms with Crippen LogP contribution >= 0.6 is 22.9 Å². The lowest BCUT2D eigenvalue weighted by molar-refractivity contribution is -0.385. The Bertz CT molecular complexity index is 1160. The molecule has 1 aromatic heterocycles. The lowest BCUT2D eigenvalue weighted by atomic mass is 10.1. The molecule has 0 aliphatic heterocycles. The van der Waals surface area contributed by atoms with Gasteiger partial charge in [0.05, 0.1) is 15.6 Å². The molecule has 3 aromatic rings. The van der Waals surface area contributed by atoms with E-state index in [1.807, 2.05) is 38.1 Å². The number of hydrogen-bond acceptors (Lipinski definition) is 6. The van der Waals surface area contributed by atoms with Crippen molar-refractivity contribution in [3.8, 4) is 10.6 Å². The van der Waals surface area contributed by atoms with Gasteiger partial charge in [-0.05, 0) is 25.5 Å². The van der Waals surface area contributed by atoms with Gasteiger partial charge in [-0.15, -0.1) is 11.3 Å². The van der Waals surface area contributed by atoms with Gasteiger partial charge in [0, 0.05) is 29.1 Å². The minimum Gasteiger partial charge on any atom is -0.258 e. The van der Waals surface area contributed by atoms with Crippen LogP contribution in [-0.4, -0.2) is 18.3 Å². The molecule has 0 saturated heterocycles. The first-order valence-electron chi connectivity index (χ1n) is 8.15. The molecule has 2 aromatic carbocycles. The molecular formula is C18H16ClN3O4S2. The highest BCUT2D eigenvalue weighted by atomic mass is 35.5. The molecule has 1 N–H and O–H groups in total. The van der Waals surface area contributed by atoms with Gasteiger partial charge in [-0.3, -0.25) is 10.1 Å². The number of nitro benzene ring substituents is 1. The van der Waals surface area contributed by atoms with Crippen molar-refractivity contribution >= 4 is 38.6 Å². The number of hydrogen-bond donors (Lipinski definition) is 1. The second-order valence-electron chi connectivity index (χ2n) is 6.04. The average molecular weight is 438 g/mol. The monoisotopic (exact) mass is 437 g/mol. The van der Waals surface area contributed by atoms with E-state index in [9.17, 15) is 18.5 Å². The van der Waals surface area contributed by atoms with E-state index < -0.39 is 14.9 Å². The van der Waals surface area contributed by atoms with Crippen molar-refractivity contribution in [2.24, 2.45) is 0 Å². The molecule has 0 amide bonds. The van der Waals surface area contributed by atoms with E-state index in [2.05, 4.69) is 9.71 Å². The van der Waals surface area contributed by atoms with Gasteiger partial charge in [-0.2, -0.15) is 0 Å². The highest BCUT2D eigenvalue weighted by molar-refractivity contribution is 7.89. The van der Waals surface area contributed by atoms with E-state index in [1.54, 1.807) is 0 Å². The van der Waals surface area contributed by atoms with Crippen molar-refractivity contribution in [1.82, 2.24) is 9.71 Å². The fraction of sp³-hybridized carbons (Fsp3) is 0.167. The maximum Gasteiger partial charge on any atom is 0.270 e. The number of thiazole rings is 1. The Hall–Kier alpha value is -2.33. The molecule has 0 saturated carbocycles. The molecule has 0 unspecified atom stereocenters. The number of non-ortho nitro benzene ring substituents is 1. The predicted molar refractivity (Wildman–Crippen MR) is 109 cm³/mol. The summed E-state index contributed by atoms with van der Waals surface area (Å²) in [4.78, 5) is 15.2. The molecule has 0 aliphatic carbocycles. The number of halogens is 1. The van der Waals surface area contributed by atoms with E-state index in [0.717, 1.165) is 38.8 Å². The summed E-state index contributed by atoms with van der Waals surface area (Å²) in [5.41, 5.74) is 2.44. The SMILES string of the molecule is Cc1ccccc1-c1nc(C)c(CNS(=O)(=O)c2cc([N+](=O)[O-])ccc2Cl)s1. The van der Waals surface area contributed by atoms with Gasteiger partial charge < -0.3 is 0 Å². The number of sulfonamides is 1. The number of benzene rings is 2. The number of aromatic nitrogens is 1. The van der Waals surface area contributed by atoms with Gasteiger partial charge in [-0.1, -0.05) is 35.9 Å². The van der Waals surface area contributed by atoms with E-state index in [1.165, 1.54) is 17.4 Å². The van der Waals surface area contributed by atoms with Crippen molar-refractivity contribution in [2.75, 3.05) is 0 Å². The molecule has 146 valence electrons. The molecule has 0 radical (unpaired) electrons. The molecule has 7 nitrogen and oxygen atoms in total. The molecule has 10 heteroatoms. The normalized spacial score (nSPS) is 11.5. The van der Waals surface area contributed by atoms with E-state index in [0.29, 0.717) is 0 Å². The van der Waals surface area contributed by atoms with Crippen LogP contribution in [0.5, 0.6) is 0 Å². The Balaban J connectivity index is 1.85. The predicted octanol–water partition coefficient (Wildman–Crippen LogP) is 4.47. The fourth-order valence-electron chi connectivity index (χ4n) is 2.57. The van der Waals surface area contributed by atoms with Gasteiger partial charge in [0.25, 0.3) is 5.69 Å². The van der Waals surface area contributed by atoms with Crippen LogP contribution in [-0.2, 0) is 16.6 Å². The van der Waals surface area contributed by atoms with Crippen LogP contribution < -0.4 is 4.72 Å². The second kappa shape index (κ2) is 7.96. The number of aryl methyl sites for hydroxylation is 2. The molecule has 1 heterocycles. The van der Waals surface area contributed by atoms with Gasteiger partial charge in [0.1, 0.15) is 9.90 Å². The van der Waals surface area contributed by atoms with Gasteiger partial charge in [0.15, 0.2) is 0 Å². The summed E-state index contributed by atoms with van der Waals surface area (Å²) >= 11 is 7.34. The lowest BCUT2D eigenvalue weighted by Crippen LogP contribution is -2.23. The first-order valence-corrected chi connectivity index (χ1v) is 10.8. The summed E-state index contributed by atoms with van der Waals surface area (Å²) in [6.45, 7) is 3.80. The van der Waals surface area contributed by atoms with E-state index in [-0.39, 0.29) is 22.2 Å². The summed E-state index contributed by atoms with van der Waals surface area (Å²) < 4.78 is 27.7. The smallest absolute Gasteiger partial charge is 0.258 e. The van der Waals surface area contributed by atoms with E-state index in [4.69, 9.17) is 11.6 Å². The number of nitrogens with one attached hydrogen (secondary N) is 1. The van der Waals surface area contributed by atoms with E-state index >= 15 is 0 Å². The van der Waals surface area contributed by atoms with Crippen LogP contribution in [0.3, 0.4) is 0 Å². The minimum absolute atomic E-state index is 0.0107. The Morgan fingerprint density at radius 1 is 1.21 bits per heavy atom. The highest BCUT2D eigenvalue weighted by Gasteiger charge is 2.22. The zero-order chi connectivity index (χ0) is 20.5. The summed E-state index contributed by atoms with van der Waals surface area (Å²) in [6, 6.07) is 11.1. The van der Waals surface area contributed by atoms with Crippen LogP contribution in [0.15, 0.2) is 47.4 Å². The van der Waals surface area contributed by atoms with Gasteiger partial charge >= 0.3 is 0 Å². The summed E-state index contributed by atoms with van der Waals surface area (Å²) in [5.74, 6) is 0. The van der Waals surface area contributed by atoms with Crippen LogP contribution in [0.4, 0.5) is 5.69 Å². The Kier molecular flexibility index (Phi) is 5.80. The fourth-order valence-corrected chi connectivity index (χ4v) is 5.27. The third-order valence-corrected chi connectivity index (χ3v) is 7.18. The van der Waals surface area contributed by atoms with Crippen molar-refractivity contribution < 1.29 is 13.3 Å². The van der Waals surface area contributed by atoms with Crippen LogP contribution in [0, 0.1) is 24.0 Å². The molecule has 0 bridgehead atoms. The van der Waals surface area contributed by atoms with Crippen molar-refractivity contribution in [3.05, 3.63) is 73.7 Å². The third-order valence-electron chi connectivity index (χ3n) is 4.11. The molecular weight excluding hydrogens is 422 g/mol. The van der Waals surface area contributed by atoms with Crippen LogP contribution in [0.25, 0.3) is 10.6 Å². The van der Waals surface area contributed by atoms with Crippen molar-refractivity contribution in [3.63, 3.8) is 0 Å². The summed E-state index contributed by atoms with van der Waals surface area (Å²) in [5, 5.41) is 11.6. The maximum absolute atomic E-state index is 12.6. The largest absolute Gasteiger partial charge is 0.270 e. The van der Waals surface area contributed by atoms with Crippen molar-refractivity contribution in [1.29, 1.82) is 0 Å². The summed E-state index contributed by atoms with van der Waals surface area (Å²) in [7, 11) is -4.03. The zero-order valence-electron chi connectivity index (χ0n) is 15.0. The lowest BCUT2D eigenvalue weighted by Gasteiger charge is -2.07. The average Bonchev–Trinajstić information content (AvgIpc) is 3.01. The molecule has 28 heavy (non-hydrogen) atoms. The van der Waals surface area contributed by atoms with Crippen LogP contribution in [0.1, 0.15) is 16.1 Å². The topological polar surface area (TPSA) is 102 Å². The molecule has 0 spiro atoms. The van der Waals surface area contributed by atoms with Crippen LogP contribution in [0.2, 0.25) is 5.02 Å². The Morgan fingerprint density at radius 3 is 2.61 bits per heavy atom. The zero-order valence-corrected chi connectivity index (χ0v) is 17.4. The Labute approximate surface area is 171 Å².